The molecule has 0 unspecified atom stereocenters. The molecule has 1 aliphatic rings. The Kier molecular flexibility index (Phi) is 5.30. The van der Waals surface area contributed by atoms with E-state index < -0.39 is 15.4 Å². The van der Waals surface area contributed by atoms with Crippen molar-refractivity contribution in [1.82, 2.24) is 4.98 Å². The maximum atomic E-state index is 13.5. The van der Waals surface area contributed by atoms with Crippen molar-refractivity contribution in [1.29, 1.82) is 0 Å². The van der Waals surface area contributed by atoms with Gasteiger partial charge in [0.05, 0.1) is 12.0 Å². The maximum Gasteiger partial charge on any atom is 0.265 e. The van der Waals surface area contributed by atoms with E-state index in [0.717, 1.165) is 33.6 Å². The van der Waals surface area contributed by atoms with E-state index in [1.54, 1.807) is 25.4 Å². The summed E-state index contributed by atoms with van der Waals surface area (Å²) in [6, 6.07) is 15.1. The number of anilines is 1. The van der Waals surface area contributed by atoms with Gasteiger partial charge in [0.1, 0.15) is 11.6 Å². The number of ether oxygens (including phenoxy) is 1. The van der Waals surface area contributed by atoms with E-state index >= 15 is 0 Å². The standard InChI is InChI=1S/C25H28N2O3S/c1-17-8-10-21(11-9-17)31(28,29)27-16-25(4,22-7-6-12-26-24(22)27)15-20-13-18(2)23(30-5)19(3)14-20/h6-14H,15-16H2,1-5H3/t25-/m1/s1. The van der Waals surface area contributed by atoms with Crippen LogP contribution in [0.25, 0.3) is 0 Å². The van der Waals surface area contributed by atoms with Crippen LogP contribution in [0.2, 0.25) is 0 Å². The number of hydrogen-bond acceptors (Lipinski definition) is 4. The molecule has 0 N–H and O–H groups in total. The summed E-state index contributed by atoms with van der Waals surface area (Å²) in [6.07, 6.45) is 2.36. The van der Waals surface area contributed by atoms with Crippen LogP contribution in [0.15, 0.2) is 59.6 Å². The molecule has 4 rings (SSSR count). The summed E-state index contributed by atoms with van der Waals surface area (Å²) in [6.45, 7) is 8.48. The Morgan fingerprint density at radius 2 is 1.71 bits per heavy atom. The third-order valence-corrected chi connectivity index (χ3v) is 7.84. The topological polar surface area (TPSA) is 59.5 Å². The number of aryl methyl sites for hydroxylation is 3. The molecule has 0 spiro atoms. The van der Waals surface area contributed by atoms with Gasteiger partial charge in [-0.3, -0.25) is 0 Å². The Morgan fingerprint density at radius 1 is 1.06 bits per heavy atom. The summed E-state index contributed by atoms with van der Waals surface area (Å²) in [4.78, 5) is 4.76. The second-order valence-corrected chi connectivity index (χ2v) is 10.6. The lowest BCUT2D eigenvalue weighted by Gasteiger charge is -2.26. The van der Waals surface area contributed by atoms with E-state index in [4.69, 9.17) is 4.74 Å². The highest BCUT2D eigenvalue weighted by molar-refractivity contribution is 7.92. The minimum absolute atomic E-state index is 0.287. The van der Waals surface area contributed by atoms with E-state index in [1.165, 1.54) is 4.31 Å². The zero-order chi connectivity index (χ0) is 22.4. The quantitative estimate of drug-likeness (QED) is 0.580. The number of rotatable bonds is 5. The normalized spacial score (nSPS) is 18.2. The highest BCUT2D eigenvalue weighted by Gasteiger charge is 2.45. The number of pyridine rings is 1. The largest absolute Gasteiger partial charge is 0.496 e. The molecule has 0 radical (unpaired) electrons. The van der Waals surface area contributed by atoms with Crippen molar-refractivity contribution in [3.05, 3.63) is 82.5 Å². The average Bonchev–Trinajstić information content (AvgIpc) is 3.02. The van der Waals surface area contributed by atoms with Crippen LogP contribution in [-0.4, -0.2) is 27.1 Å². The summed E-state index contributed by atoms with van der Waals surface area (Å²) >= 11 is 0. The molecular weight excluding hydrogens is 408 g/mol. The molecule has 31 heavy (non-hydrogen) atoms. The molecule has 0 bridgehead atoms. The lowest BCUT2D eigenvalue weighted by atomic mass is 9.79. The Hall–Kier alpha value is -2.86. The molecule has 3 aromatic rings. The molecule has 1 atom stereocenters. The van der Waals surface area contributed by atoms with Gasteiger partial charge >= 0.3 is 0 Å². The van der Waals surface area contributed by atoms with Gasteiger partial charge in [-0.15, -0.1) is 0 Å². The summed E-state index contributed by atoms with van der Waals surface area (Å²) in [5.74, 6) is 1.42. The SMILES string of the molecule is COc1c(C)cc(C[C@]2(C)CN(S(=O)(=O)c3ccc(C)cc3)c3ncccc32)cc1C. The molecule has 0 aliphatic carbocycles. The van der Waals surface area contributed by atoms with Crippen LogP contribution < -0.4 is 9.04 Å². The van der Waals surface area contributed by atoms with Crippen LogP contribution in [0.5, 0.6) is 5.75 Å². The number of aromatic nitrogens is 1. The average molecular weight is 437 g/mol. The second kappa shape index (κ2) is 7.68. The van der Waals surface area contributed by atoms with Crippen LogP contribution in [0.3, 0.4) is 0 Å². The Labute approximate surface area is 184 Å². The van der Waals surface area contributed by atoms with Crippen molar-refractivity contribution in [3.8, 4) is 5.75 Å². The third-order valence-electron chi connectivity index (χ3n) is 6.09. The first-order chi connectivity index (χ1) is 14.7. The smallest absolute Gasteiger partial charge is 0.265 e. The predicted octanol–water partition coefficient (Wildman–Crippen LogP) is 4.72. The first-order valence-corrected chi connectivity index (χ1v) is 11.8. The monoisotopic (exact) mass is 436 g/mol. The fraction of sp³-hybridized carbons (Fsp3) is 0.320. The van der Waals surface area contributed by atoms with Crippen LogP contribution >= 0.6 is 0 Å². The van der Waals surface area contributed by atoms with Gasteiger partial charge in [0, 0.05) is 23.7 Å². The molecule has 162 valence electrons. The lowest BCUT2D eigenvalue weighted by Crippen LogP contribution is -2.36. The molecule has 5 nitrogen and oxygen atoms in total. The van der Waals surface area contributed by atoms with Gasteiger partial charge in [-0.25, -0.2) is 17.7 Å². The van der Waals surface area contributed by atoms with Crippen molar-refractivity contribution in [2.24, 2.45) is 0 Å². The van der Waals surface area contributed by atoms with Gasteiger partial charge in [0.25, 0.3) is 10.0 Å². The fourth-order valence-corrected chi connectivity index (χ4v) is 6.21. The molecule has 0 saturated carbocycles. The summed E-state index contributed by atoms with van der Waals surface area (Å²) in [5, 5.41) is 0. The molecular formula is C25H28N2O3S. The number of benzene rings is 2. The number of methoxy groups -OCH3 is 1. The fourth-order valence-electron chi connectivity index (χ4n) is 4.65. The van der Waals surface area contributed by atoms with Crippen molar-refractivity contribution in [2.75, 3.05) is 18.0 Å². The van der Waals surface area contributed by atoms with Crippen LogP contribution in [0.4, 0.5) is 5.82 Å². The van der Waals surface area contributed by atoms with Gasteiger partial charge in [0.15, 0.2) is 0 Å². The first kappa shape index (κ1) is 21.4. The summed E-state index contributed by atoms with van der Waals surface area (Å²) < 4.78 is 34.0. The molecule has 0 fully saturated rings. The number of hydrogen-bond donors (Lipinski definition) is 0. The van der Waals surface area contributed by atoms with E-state index in [9.17, 15) is 8.42 Å². The molecule has 6 heteroatoms. The van der Waals surface area contributed by atoms with E-state index in [1.807, 2.05) is 45.0 Å². The number of nitrogens with zero attached hydrogens (tertiary/aromatic N) is 2. The maximum absolute atomic E-state index is 13.5. The van der Waals surface area contributed by atoms with Gasteiger partial charge in [0.2, 0.25) is 0 Å². The van der Waals surface area contributed by atoms with Crippen LogP contribution in [0, 0.1) is 20.8 Å². The molecule has 0 amide bonds. The van der Waals surface area contributed by atoms with E-state index in [0.29, 0.717) is 18.8 Å². The van der Waals surface area contributed by atoms with Gasteiger partial charge in [-0.2, -0.15) is 0 Å². The summed E-state index contributed by atoms with van der Waals surface area (Å²) in [7, 11) is -2.02. The molecule has 2 aromatic carbocycles. The van der Waals surface area contributed by atoms with Crippen LogP contribution in [-0.2, 0) is 21.9 Å². The molecule has 1 aromatic heterocycles. The van der Waals surface area contributed by atoms with E-state index in [-0.39, 0.29) is 4.90 Å². The highest BCUT2D eigenvalue weighted by atomic mass is 32.2. The molecule has 0 saturated heterocycles. The number of fused-ring (bicyclic) bond motifs is 1. The Balaban J connectivity index is 1.75. The van der Waals surface area contributed by atoms with Gasteiger partial charge in [-0.05, 0) is 62.1 Å². The van der Waals surface area contributed by atoms with Crippen molar-refractivity contribution < 1.29 is 13.2 Å². The van der Waals surface area contributed by atoms with E-state index in [2.05, 4.69) is 24.0 Å². The lowest BCUT2D eigenvalue weighted by molar-refractivity contribution is 0.408. The van der Waals surface area contributed by atoms with Crippen molar-refractivity contribution in [3.63, 3.8) is 0 Å². The number of sulfonamides is 1. The third kappa shape index (κ3) is 3.69. The van der Waals surface area contributed by atoms with Crippen molar-refractivity contribution >= 4 is 15.8 Å². The zero-order valence-corrected chi connectivity index (χ0v) is 19.5. The van der Waals surface area contributed by atoms with Crippen LogP contribution in [0.1, 0.15) is 34.7 Å². The predicted molar refractivity (Wildman–Crippen MR) is 123 cm³/mol. The molecule has 1 aliphatic heterocycles. The Morgan fingerprint density at radius 3 is 2.32 bits per heavy atom. The summed E-state index contributed by atoms with van der Waals surface area (Å²) in [5.41, 5.74) is 4.90. The molecule has 2 heterocycles. The second-order valence-electron chi connectivity index (χ2n) is 8.70. The van der Waals surface area contributed by atoms with Gasteiger partial charge < -0.3 is 4.74 Å². The first-order valence-electron chi connectivity index (χ1n) is 10.3. The zero-order valence-electron chi connectivity index (χ0n) is 18.6. The minimum atomic E-state index is -3.71. The highest BCUT2D eigenvalue weighted by Crippen LogP contribution is 2.44. The minimum Gasteiger partial charge on any atom is -0.496 e. The Bertz CT molecular complexity index is 1210. The van der Waals surface area contributed by atoms with Crippen molar-refractivity contribution in [2.45, 2.75) is 44.4 Å². The van der Waals surface area contributed by atoms with Gasteiger partial charge in [-0.1, -0.05) is 42.8 Å².